The van der Waals surface area contributed by atoms with Gasteiger partial charge in [-0.2, -0.15) is 0 Å². The van der Waals surface area contributed by atoms with Crippen LogP contribution in [0.4, 0.5) is 0 Å². The molecule has 2 fully saturated rings. The number of fused-ring (bicyclic) bond motifs is 1. The average molecular weight is 296 g/mol. The van der Waals surface area contributed by atoms with Crippen molar-refractivity contribution in [2.24, 2.45) is 11.8 Å². The highest BCUT2D eigenvalue weighted by Gasteiger charge is 2.49. The van der Waals surface area contributed by atoms with E-state index < -0.39 is 12.0 Å². The second-order valence-corrected chi connectivity index (χ2v) is 5.71. The van der Waals surface area contributed by atoms with Crippen molar-refractivity contribution in [3.05, 3.63) is 23.2 Å². The van der Waals surface area contributed by atoms with Crippen molar-refractivity contribution in [2.75, 3.05) is 6.54 Å². The fourth-order valence-electron chi connectivity index (χ4n) is 3.40. The third kappa shape index (κ3) is 2.14. The number of halogens is 1. The van der Waals surface area contributed by atoms with Crippen LogP contribution in [0.5, 0.6) is 0 Å². The van der Waals surface area contributed by atoms with Crippen molar-refractivity contribution in [1.29, 1.82) is 0 Å². The summed E-state index contributed by atoms with van der Waals surface area (Å²) in [6.07, 6.45) is 5.49. The molecular formula is C13H14ClN3O3. The third-order valence-corrected chi connectivity index (χ3v) is 4.44. The van der Waals surface area contributed by atoms with E-state index >= 15 is 0 Å². The van der Waals surface area contributed by atoms with Crippen molar-refractivity contribution in [1.82, 2.24) is 14.9 Å². The van der Waals surface area contributed by atoms with Crippen molar-refractivity contribution in [2.45, 2.75) is 25.3 Å². The van der Waals surface area contributed by atoms with Crippen molar-refractivity contribution < 1.29 is 14.7 Å². The first-order valence-corrected chi connectivity index (χ1v) is 6.97. The van der Waals surface area contributed by atoms with Crippen LogP contribution >= 0.6 is 11.6 Å². The Bertz CT molecular complexity index is 548. The van der Waals surface area contributed by atoms with Gasteiger partial charge in [-0.15, -0.1) is 0 Å². The minimum atomic E-state index is -0.935. The number of carboxylic acid groups (broad SMARTS) is 1. The highest BCUT2D eigenvalue weighted by atomic mass is 35.5. The molecule has 0 radical (unpaired) electrons. The van der Waals surface area contributed by atoms with Crippen LogP contribution in [0.1, 0.15) is 29.8 Å². The minimum Gasteiger partial charge on any atom is -0.480 e. The van der Waals surface area contributed by atoms with Gasteiger partial charge in [0.2, 0.25) is 0 Å². The smallest absolute Gasteiger partial charge is 0.326 e. The van der Waals surface area contributed by atoms with Crippen LogP contribution in [0.15, 0.2) is 12.4 Å². The number of likely N-dealkylation sites (tertiary alicyclic amines) is 1. The number of aliphatic carboxylic acids is 1. The molecule has 106 valence electrons. The first kappa shape index (κ1) is 13.3. The molecule has 2 aliphatic rings. The fourth-order valence-corrected chi connectivity index (χ4v) is 3.50. The van der Waals surface area contributed by atoms with E-state index in [1.807, 2.05) is 0 Å². The highest BCUT2D eigenvalue weighted by Crippen LogP contribution is 2.42. The Morgan fingerprint density at radius 1 is 1.30 bits per heavy atom. The molecule has 1 aliphatic heterocycles. The molecule has 3 unspecified atom stereocenters. The van der Waals surface area contributed by atoms with Crippen LogP contribution in [0.3, 0.4) is 0 Å². The van der Waals surface area contributed by atoms with Gasteiger partial charge in [-0.1, -0.05) is 18.0 Å². The molecule has 7 heteroatoms. The molecule has 6 nitrogen and oxygen atoms in total. The fraction of sp³-hybridized carbons (Fsp3) is 0.538. The largest absolute Gasteiger partial charge is 0.480 e. The topological polar surface area (TPSA) is 83.4 Å². The zero-order valence-electron chi connectivity index (χ0n) is 10.7. The molecule has 1 aliphatic carbocycles. The lowest BCUT2D eigenvalue weighted by molar-refractivity contribution is -0.142. The van der Waals surface area contributed by atoms with Gasteiger partial charge in [-0.25, -0.2) is 14.8 Å². The lowest BCUT2D eigenvalue weighted by Gasteiger charge is -2.23. The Morgan fingerprint density at radius 2 is 2.10 bits per heavy atom. The number of amides is 1. The zero-order valence-corrected chi connectivity index (χ0v) is 11.5. The number of hydrogen-bond donors (Lipinski definition) is 1. The molecule has 3 rings (SSSR count). The quantitative estimate of drug-likeness (QED) is 0.893. The molecule has 1 N–H and O–H groups in total. The summed E-state index contributed by atoms with van der Waals surface area (Å²) in [5.41, 5.74) is 0.139. The summed E-state index contributed by atoms with van der Waals surface area (Å²) in [6, 6.07) is -0.743. The van der Waals surface area contributed by atoms with E-state index in [2.05, 4.69) is 9.97 Å². The van der Waals surface area contributed by atoms with Gasteiger partial charge in [0.15, 0.2) is 0 Å². The molecule has 0 bridgehead atoms. The van der Waals surface area contributed by atoms with E-state index in [0.29, 0.717) is 12.5 Å². The van der Waals surface area contributed by atoms with E-state index in [1.165, 1.54) is 17.3 Å². The van der Waals surface area contributed by atoms with Gasteiger partial charge in [-0.3, -0.25) is 4.79 Å². The Morgan fingerprint density at radius 3 is 2.75 bits per heavy atom. The number of carbonyl (C=O) groups excluding carboxylic acids is 1. The maximum absolute atomic E-state index is 12.4. The van der Waals surface area contributed by atoms with Crippen molar-refractivity contribution in [3.63, 3.8) is 0 Å². The van der Waals surface area contributed by atoms with Crippen LogP contribution < -0.4 is 0 Å². The zero-order chi connectivity index (χ0) is 14.3. The summed E-state index contributed by atoms with van der Waals surface area (Å²) in [5.74, 6) is -0.956. The molecule has 2 heterocycles. The van der Waals surface area contributed by atoms with Crippen LogP contribution in [0, 0.1) is 11.8 Å². The summed E-state index contributed by atoms with van der Waals surface area (Å²) >= 11 is 5.64. The highest BCUT2D eigenvalue weighted by molar-refractivity contribution is 6.29. The Labute approximate surface area is 120 Å². The van der Waals surface area contributed by atoms with Gasteiger partial charge >= 0.3 is 5.97 Å². The third-order valence-electron chi connectivity index (χ3n) is 4.24. The molecule has 0 spiro atoms. The first-order valence-electron chi connectivity index (χ1n) is 6.59. The van der Waals surface area contributed by atoms with Gasteiger partial charge < -0.3 is 10.0 Å². The number of nitrogens with zero attached hydrogens (tertiary/aromatic N) is 3. The predicted octanol–water partition coefficient (Wildman–Crippen LogP) is 1.46. The van der Waals surface area contributed by atoms with E-state index in [-0.39, 0.29) is 22.7 Å². The Hall–Kier alpha value is -1.69. The molecule has 3 atom stereocenters. The normalized spacial score (nSPS) is 28.4. The van der Waals surface area contributed by atoms with Gasteiger partial charge in [0, 0.05) is 6.54 Å². The van der Waals surface area contributed by atoms with Crippen molar-refractivity contribution >= 4 is 23.5 Å². The van der Waals surface area contributed by atoms with E-state index in [9.17, 15) is 14.7 Å². The van der Waals surface area contributed by atoms with Crippen LogP contribution in [-0.4, -0.2) is 44.4 Å². The summed E-state index contributed by atoms with van der Waals surface area (Å²) in [6.45, 7) is 0.491. The monoisotopic (exact) mass is 295 g/mol. The molecule has 1 saturated carbocycles. The lowest BCUT2D eigenvalue weighted by Crippen LogP contribution is -2.43. The Balaban J connectivity index is 1.87. The number of aromatic nitrogens is 2. The molecule has 0 aromatic carbocycles. The summed E-state index contributed by atoms with van der Waals surface area (Å²) in [7, 11) is 0. The standard InChI is InChI=1S/C13H14ClN3O3/c14-10-5-15-9(4-16-10)12(18)17-6-7-2-1-3-8(7)11(17)13(19)20/h4-5,7-8,11H,1-3,6H2,(H,19,20). The minimum absolute atomic E-state index is 0.0664. The molecule has 1 amide bonds. The van der Waals surface area contributed by atoms with E-state index in [4.69, 9.17) is 11.6 Å². The maximum atomic E-state index is 12.4. The SMILES string of the molecule is O=C(O)C1C2CCCC2CN1C(=O)c1cnc(Cl)cn1. The summed E-state index contributed by atoms with van der Waals surface area (Å²) in [5, 5.41) is 9.62. The number of rotatable bonds is 2. The van der Waals surface area contributed by atoms with E-state index in [1.54, 1.807) is 0 Å². The van der Waals surface area contributed by atoms with Gasteiger partial charge in [0.1, 0.15) is 16.9 Å². The van der Waals surface area contributed by atoms with Crippen LogP contribution in [0.2, 0.25) is 5.15 Å². The van der Waals surface area contributed by atoms with E-state index in [0.717, 1.165) is 19.3 Å². The molecule has 1 aromatic heterocycles. The first-order chi connectivity index (χ1) is 9.58. The Kier molecular flexibility index (Phi) is 3.33. The number of hydrogen-bond acceptors (Lipinski definition) is 4. The average Bonchev–Trinajstić information content (AvgIpc) is 2.97. The van der Waals surface area contributed by atoms with Crippen molar-refractivity contribution in [3.8, 4) is 0 Å². The molecular weight excluding hydrogens is 282 g/mol. The lowest BCUT2D eigenvalue weighted by atomic mass is 9.94. The second-order valence-electron chi connectivity index (χ2n) is 5.32. The van der Waals surface area contributed by atoms with Crippen LogP contribution in [-0.2, 0) is 4.79 Å². The predicted molar refractivity (Wildman–Crippen MR) is 70.3 cm³/mol. The number of carboxylic acids is 1. The van der Waals surface area contributed by atoms with Crippen LogP contribution in [0.25, 0.3) is 0 Å². The summed E-state index contributed by atoms with van der Waals surface area (Å²) in [4.78, 5) is 33.1. The maximum Gasteiger partial charge on any atom is 0.326 e. The second kappa shape index (κ2) is 5.01. The molecule has 1 aromatic rings. The van der Waals surface area contributed by atoms with Gasteiger partial charge in [0.25, 0.3) is 5.91 Å². The number of carbonyl (C=O) groups is 2. The molecule has 20 heavy (non-hydrogen) atoms. The van der Waals surface area contributed by atoms with Gasteiger partial charge in [0.05, 0.1) is 12.4 Å². The summed E-state index contributed by atoms with van der Waals surface area (Å²) < 4.78 is 0. The van der Waals surface area contributed by atoms with Gasteiger partial charge in [-0.05, 0) is 24.7 Å². The molecule has 1 saturated heterocycles.